The van der Waals surface area contributed by atoms with E-state index in [4.69, 9.17) is 0 Å². The lowest BCUT2D eigenvalue weighted by Gasteiger charge is -2.44. The van der Waals surface area contributed by atoms with Crippen LogP contribution < -0.4 is 0 Å². The minimum atomic E-state index is -0.0281. The van der Waals surface area contributed by atoms with E-state index in [-0.39, 0.29) is 6.10 Å². The molecule has 2 nitrogen and oxygen atoms in total. The summed E-state index contributed by atoms with van der Waals surface area (Å²) in [5.74, 6) is 0.839. The van der Waals surface area contributed by atoms with Gasteiger partial charge in [0.05, 0.1) is 6.10 Å². The van der Waals surface area contributed by atoms with Gasteiger partial charge in [0, 0.05) is 6.04 Å². The summed E-state index contributed by atoms with van der Waals surface area (Å²) < 4.78 is 0. The highest BCUT2D eigenvalue weighted by atomic mass is 16.3. The van der Waals surface area contributed by atoms with E-state index in [1.54, 1.807) is 0 Å². The first kappa shape index (κ1) is 12.0. The van der Waals surface area contributed by atoms with Crippen LogP contribution in [0.2, 0.25) is 0 Å². The number of hydrogen-bond donors (Lipinski definition) is 1. The molecule has 3 atom stereocenters. The summed E-state index contributed by atoms with van der Waals surface area (Å²) in [6.07, 6.45) is 10.4. The molecule has 1 heterocycles. The van der Waals surface area contributed by atoms with Gasteiger partial charge in [-0.3, -0.25) is 4.90 Å². The Morgan fingerprint density at radius 1 is 1.12 bits per heavy atom. The van der Waals surface area contributed by atoms with Crippen molar-refractivity contribution < 1.29 is 5.11 Å². The molecule has 3 fully saturated rings. The minimum Gasteiger partial charge on any atom is -0.393 e. The fraction of sp³-hybridized carbons (Fsp3) is 1.00. The van der Waals surface area contributed by atoms with E-state index in [1.165, 1.54) is 51.6 Å². The van der Waals surface area contributed by atoms with Crippen molar-refractivity contribution in [3.8, 4) is 0 Å². The van der Waals surface area contributed by atoms with Crippen LogP contribution in [0.25, 0.3) is 0 Å². The highest BCUT2D eigenvalue weighted by Crippen LogP contribution is 2.54. The molecule has 2 heteroatoms. The Hall–Kier alpha value is -0.0800. The van der Waals surface area contributed by atoms with Crippen LogP contribution in [0.3, 0.4) is 0 Å². The van der Waals surface area contributed by atoms with E-state index in [9.17, 15) is 5.11 Å². The normalized spacial score (nSPS) is 41.6. The number of likely N-dealkylation sites (tertiary alicyclic amines) is 1. The van der Waals surface area contributed by atoms with Gasteiger partial charge in [-0.25, -0.2) is 0 Å². The van der Waals surface area contributed by atoms with Crippen molar-refractivity contribution in [1.82, 2.24) is 4.90 Å². The Kier molecular flexibility index (Phi) is 3.20. The van der Waals surface area contributed by atoms with Crippen LogP contribution in [-0.4, -0.2) is 35.2 Å². The van der Waals surface area contributed by atoms with Crippen LogP contribution in [-0.2, 0) is 0 Å². The highest BCUT2D eigenvalue weighted by molar-refractivity contribution is 4.99. The van der Waals surface area contributed by atoms with Crippen molar-refractivity contribution in [3.05, 3.63) is 0 Å². The fourth-order valence-electron chi connectivity index (χ4n) is 4.12. The van der Waals surface area contributed by atoms with Crippen LogP contribution >= 0.6 is 0 Å². The third kappa shape index (κ3) is 2.39. The second-order valence-corrected chi connectivity index (χ2v) is 6.74. The van der Waals surface area contributed by atoms with Gasteiger partial charge >= 0.3 is 0 Å². The summed E-state index contributed by atoms with van der Waals surface area (Å²) in [4.78, 5) is 2.71. The maximum atomic E-state index is 9.91. The maximum Gasteiger partial charge on any atom is 0.0555 e. The van der Waals surface area contributed by atoms with Gasteiger partial charge in [-0.05, 0) is 69.4 Å². The van der Waals surface area contributed by atoms with Gasteiger partial charge in [-0.1, -0.05) is 13.3 Å². The van der Waals surface area contributed by atoms with E-state index in [2.05, 4.69) is 11.8 Å². The van der Waals surface area contributed by atoms with Crippen molar-refractivity contribution in [2.24, 2.45) is 11.3 Å². The Morgan fingerprint density at radius 3 is 2.41 bits per heavy atom. The number of rotatable bonds is 2. The number of aliphatic hydroxyl groups is 1. The molecule has 0 radical (unpaired) electrons. The SMILES string of the molecule is CCC1CCC(O)CC1N1CCC2(CC1)CC2. The van der Waals surface area contributed by atoms with Gasteiger partial charge < -0.3 is 5.11 Å². The Balaban J connectivity index is 1.61. The summed E-state index contributed by atoms with van der Waals surface area (Å²) >= 11 is 0. The van der Waals surface area contributed by atoms with Crippen LogP contribution in [0.15, 0.2) is 0 Å². The highest BCUT2D eigenvalue weighted by Gasteiger charge is 2.46. The van der Waals surface area contributed by atoms with E-state index in [0.29, 0.717) is 6.04 Å². The molecule has 17 heavy (non-hydrogen) atoms. The molecule has 0 amide bonds. The molecule has 2 aliphatic carbocycles. The molecule has 0 aromatic carbocycles. The summed E-state index contributed by atoms with van der Waals surface area (Å²) in [5, 5.41) is 9.91. The van der Waals surface area contributed by atoms with Gasteiger partial charge in [-0.2, -0.15) is 0 Å². The average Bonchev–Trinajstić information content (AvgIpc) is 3.10. The Labute approximate surface area is 105 Å². The molecule has 2 saturated carbocycles. The molecular weight excluding hydrogens is 210 g/mol. The van der Waals surface area contributed by atoms with Crippen molar-refractivity contribution in [2.45, 2.75) is 70.4 Å². The lowest BCUT2D eigenvalue weighted by atomic mass is 9.79. The molecule has 0 bridgehead atoms. The third-order valence-electron chi connectivity index (χ3n) is 5.74. The standard InChI is InChI=1S/C15H27NO/c1-2-12-3-4-13(17)11-14(12)16-9-7-15(5-6-15)8-10-16/h12-14,17H,2-11H2,1H3. The van der Waals surface area contributed by atoms with E-state index in [1.807, 2.05) is 0 Å². The summed E-state index contributed by atoms with van der Waals surface area (Å²) in [6.45, 7) is 4.92. The van der Waals surface area contributed by atoms with Crippen molar-refractivity contribution in [2.75, 3.05) is 13.1 Å². The fourth-order valence-corrected chi connectivity index (χ4v) is 4.12. The molecule has 3 unspecified atom stereocenters. The smallest absolute Gasteiger partial charge is 0.0555 e. The van der Waals surface area contributed by atoms with Crippen LogP contribution in [0.1, 0.15) is 58.3 Å². The zero-order valence-corrected chi connectivity index (χ0v) is 11.2. The largest absolute Gasteiger partial charge is 0.393 e. The van der Waals surface area contributed by atoms with Crippen LogP contribution in [0.4, 0.5) is 0 Å². The topological polar surface area (TPSA) is 23.5 Å². The second kappa shape index (κ2) is 4.55. The predicted octanol–water partition coefficient (Wildman–Crippen LogP) is 2.80. The predicted molar refractivity (Wildman–Crippen MR) is 69.9 cm³/mol. The number of hydrogen-bond acceptors (Lipinski definition) is 2. The van der Waals surface area contributed by atoms with Gasteiger partial charge in [0.2, 0.25) is 0 Å². The lowest BCUT2D eigenvalue weighted by molar-refractivity contribution is 0.00814. The molecule has 98 valence electrons. The molecular formula is C15H27NO. The Morgan fingerprint density at radius 2 is 1.82 bits per heavy atom. The van der Waals surface area contributed by atoms with Crippen molar-refractivity contribution in [3.63, 3.8) is 0 Å². The first-order valence-electron chi connectivity index (χ1n) is 7.64. The van der Waals surface area contributed by atoms with Gasteiger partial charge in [0.15, 0.2) is 0 Å². The number of nitrogens with zero attached hydrogens (tertiary/aromatic N) is 1. The van der Waals surface area contributed by atoms with Crippen molar-refractivity contribution >= 4 is 0 Å². The molecule has 0 aromatic heterocycles. The number of piperidine rings is 1. The molecule has 3 rings (SSSR count). The average molecular weight is 237 g/mol. The summed E-state index contributed by atoms with van der Waals surface area (Å²) in [5.41, 5.74) is 0.783. The van der Waals surface area contributed by atoms with E-state index in [0.717, 1.165) is 24.2 Å². The quantitative estimate of drug-likeness (QED) is 0.798. The van der Waals surface area contributed by atoms with Gasteiger partial charge in [-0.15, -0.1) is 0 Å². The first-order chi connectivity index (χ1) is 8.22. The molecule has 3 aliphatic rings. The third-order valence-corrected chi connectivity index (χ3v) is 5.74. The zero-order valence-electron chi connectivity index (χ0n) is 11.2. The summed E-state index contributed by atoms with van der Waals surface area (Å²) in [7, 11) is 0. The van der Waals surface area contributed by atoms with Crippen molar-refractivity contribution in [1.29, 1.82) is 0 Å². The lowest BCUT2D eigenvalue weighted by Crippen LogP contribution is -2.49. The monoisotopic (exact) mass is 237 g/mol. The molecule has 1 aliphatic heterocycles. The zero-order chi connectivity index (χ0) is 11.9. The number of aliphatic hydroxyl groups excluding tert-OH is 1. The molecule has 1 spiro atoms. The van der Waals surface area contributed by atoms with E-state index < -0.39 is 0 Å². The van der Waals surface area contributed by atoms with Gasteiger partial charge in [0.25, 0.3) is 0 Å². The Bertz CT molecular complexity index is 264. The van der Waals surface area contributed by atoms with E-state index >= 15 is 0 Å². The maximum absolute atomic E-state index is 9.91. The molecule has 1 saturated heterocycles. The molecule has 0 aromatic rings. The first-order valence-corrected chi connectivity index (χ1v) is 7.64. The van der Waals surface area contributed by atoms with Crippen LogP contribution in [0.5, 0.6) is 0 Å². The van der Waals surface area contributed by atoms with Crippen LogP contribution in [0, 0.1) is 11.3 Å². The minimum absolute atomic E-state index is 0.0281. The van der Waals surface area contributed by atoms with Gasteiger partial charge in [0.1, 0.15) is 0 Å². The molecule has 1 N–H and O–H groups in total. The second-order valence-electron chi connectivity index (χ2n) is 6.74. The summed E-state index contributed by atoms with van der Waals surface area (Å²) in [6, 6.07) is 0.680.